The second-order valence-electron chi connectivity index (χ2n) is 2.14. The molecule has 0 aliphatic rings. The van der Waals surface area contributed by atoms with E-state index in [1.165, 1.54) is 0 Å². The predicted octanol–water partition coefficient (Wildman–Crippen LogP) is 0.931. The molecule has 2 heterocycles. The molecule has 0 aliphatic carbocycles. The molecule has 2 aromatic rings. The largest absolute Gasteiger partial charge is 0.234 e. The Labute approximate surface area is 86.0 Å². The molecular weight excluding hydrogens is 208 g/mol. The van der Waals surface area contributed by atoms with Crippen molar-refractivity contribution in [2.75, 3.05) is 0 Å². The van der Waals surface area contributed by atoms with Crippen LogP contribution in [0.25, 0.3) is 11.6 Å². The van der Waals surface area contributed by atoms with E-state index < -0.39 is 0 Å². The minimum Gasteiger partial charge on any atom is -0.234 e. The van der Waals surface area contributed by atoms with Gasteiger partial charge in [0, 0.05) is 41.9 Å². The second kappa shape index (κ2) is 4.64. The van der Waals surface area contributed by atoms with Crippen molar-refractivity contribution in [1.29, 1.82) is 0 Å². The van der Waals surface area contributed by atoms with Gasteiger partial charge < -0.3 is 0 Å². The van der Waals surface area contributed by atoms with E-state index in [0.717, 1.165) is 0 Å². The standard InChI is InChI=1S/C8H6N4.Fe/c1-3-9-7(10-4-1)8-11-5-2-6-12-8;/h1-6H;. The zero-order chi connectivity index (χ0) is 8.23. The summed E-state index contributed by atoms with van der Waals surface area (Å²) in [5.74, 6) is 1.11. The molecule has 0 atom stereocenters. The van der Waals surface area contributed by atoms with E-state index in [2.05, 4.69) is 19.9 Å². The average Bonchev–Trinajstić information content (AvgIpc) is 2.21. The molecule has 0 saturated carbocycles. The van der Waals surface area contributed by atoms with Gasteiger partial charge in [-0.15, -0.1) is 0 Å². The summed E-state index contributed by atoms with van der Waals surface area (Å²) in [4.78, 5) is 16.1. The molecule has 2 rings (SSSR count). The Bertz CT molecular complexity index is 314. The number of hydrogen-bond acceptors (Lipinski definition) is 4. The van der Waals surface area contributed by atoms with Crippen LogP contribution in [0.1, 0.15) is 0 Å². The van der Waals surface area contributed by atoms with Gasteiger partial charge in [-0.25, -0.2) is 19.9 Å². The summed E-state index contributed by atoms with van der Waals surface area (Å²) in [6.07, 6.45) is 6.66. The maximum absolute atomic E-state index is 4.01. The normalized spacial score (nSPS) is 8.92. The van der Waals surface area contributed by atoms with Crippen LogP contribution in [-0.2, 0) is 17.1 Å². The zero-order valence-corrected chi connectivity index (χ0v) is 7.71. The van der Waals surface area contributed by atoms with Gasteiger partial charge in [0.05, 0.1) is 0 Å². The van der Waals surface area contributed by atoms with Crippen LogP contribution >= 0.6 is 0 Å². The topological polar surface area (TPSA) is 51.6 Å². The van der Waals surface area contributed by atoms with Gasteiger partial charge in [0.2, 0.25) is 0 Å². The molecule has 0 radical (unpaired) electrons. The summed E-state index contributed by atoms with van der Waals surface area (Å²) in [6, 6.07) is 3.51. The van der Waals surface area contributed by atoms with E-state index in [-0.39, 0.29) is 17.1 Å². The number of aromatic nitrogens is 4. The third kappa shape index (κ3) is 2.31. The first-order chi connectivity index (χ1) is 5.97. The van der Waals surface area contributed by atoms with Crippen molar-refractivity contribution < 1.29 is 17.1 Å². The number of nitrogens with zero attached hydrogens (tertiary/aromatic N) is 4. The zero-order valence-electron chi connectivity index (χ0n) is 6.61. The second-order valence-corrected chi connectivity index (χ2v) is 2.14. The van der Waals surface area contributed by atoms with Crippen LogP contribution in [0.2, 0.25) is 0 Å². The third-order valence-corrected chi connectivity index (χ3v) is 1.33. The molecule has 0 unspecified atom stereocenters. The quantitative estimate of drug-likeness (QED) is 0.662. The van der Waals surface area contributed by atoms with E-state index in [1.807, 2.05) is 0 Å². The van der Waals surface area contributed by atoms with Crippen molar-refractivity contribution in [3.63, 3.8) is 0 Å². The summed E-state index contributed by atoms with van der Waals surface area (Å²) in [5, 5.41) is 0. The molecule has 0 amide bonds. The summed E-state index contributed by atoms with van der Waals surface area (Å²) in [6.45, 7) is 0. The molecule has 4 nitrogen and oxygen atoms in total. The Morgan fingerprint density at radius 2 is 0.923 bits per heavy atom. The fourth-order valence-corrected chi connectivity index (χ4v) is 0.829. The first-order valence-corrected chi connectivity index (χ1v) is 3.51. The van der Waals surface area contributed by atoms with Gasteiger partial charge in [0.25, 0.3) is 0 Å². The predicted molar refractivity (Wildman–Crippen MR) is 43.1 cm³/mol. The molecule has 0 bridgehead atoms. The maximum Gasteiger partial charge on any atom is 0.197 e. The maximum atomic E-state index is 4.01. The first kappa shape index (κ1) is 9.77. The molecule has 66 valence electrons. The Morgan fingerprint density at radius 1 is 0.615 bits per heavy atom. The smallest absolute Gasteiger partial charge is 0.197 e. The van der Waals surface area contributed by atoms with Gasteiger partial charge in [-0.2, -0.15) is 0 Å². The van der Waals surface area contributed by atoms with Crippen molar-refractivity contribution in [3.05, 3.63) is 36.9 Å². The Hall–Kier alpha value is -1.32. The molecule has 0 aliphatic heterocycles. The van der Waals surface area contributed by atoms with Crippen molar-refractivity contribution >= 4 is 0 Å². The Morgan fingerprint density at radius 3 is 1.23 bits per heavy atom. The van der Waals surface area contributed by atoms with Crippen molar-refractivity contribution in [1.82, 2.24) is 19.9 Å². The summed E-state index contributed by atoms with van der Waals surface area (Å²) in [5.41, 5.74) is 0. The van der Waals surface area contributed by atoms with Crippen LogP contribution in [-0.4, -0.2) is 19.9 Å². The molecule has 5 heteroatoms. The van der Waals surface area contributed by atoms with Crippen LogP contribution in [0.3, 0.4) is 0 Å². The molecule has 0 N–H and O–H groups in total. The fourth-order valence-electron chi connectivity index (χ4n) is 0.829. The minimum atomic E-state index is 0. The summed E-state index contributed by atoms with van der Waals surface area (Å²) < 4.78 is 0. The number of rotatable bonds is 1. The van der Waals surface area contributed by atoms with Crippen molar-refractivity contribution in [2.45, 2.75) is 0 Å². The van der Waals surface area contributed by atoms with Gasteiger partial charge in [0.1, 0.15) is 0 Å². The Kier molecular flexibility index (Phi) is 3.49. The van der Waals surface area contributed by atoms with E-state index >= 15 is 0 Å². The SMILES string of the molecule is [Fe].c1cnc(-c2ncccn2)nc1. The van der Waals surface area contributed by atoms with Gasteiger partial charge in [-0.05, 0) is 12.1 Å². The van der Waals surface area contributed by atoms with Crippen LogP contribution in [0.15, 0.2) is 36.9 Å². The molecular formula is C8H6FeN4. The molecule has 0 aromatic carbocycles. The van der Waals surface area contributed by atoms with Crippen LogP contribution in [0, 0.1) is 0 Å². The molecule has 0 spiro atoms. The van der Waals surface area contributed by atoms with E-state index in [4.69, 9.17) is 0 Å². The van der Waals surface area contributed by atoms with Gasteiger partial charge >= 0.3 is 0 Å². The van der Waals surface area contributed by atoms with Gasteiger partial charge in [-0.1, -0.05) is 0 Å². The third-order valence-electron chi connectivity index (χ3n) is 1.33. The monoisotopic (exact) mass is 214 g/mol. The molecule has 13 heavy (non-hydrogen) atoms. The van der Waals surface area contributed by atoms with E-state index in [1.54, 1.807) is 36.9 Å². The van der Waals surface area contributed by atoms with E-state index in [9.17, 15) is 0 Å². The van der Waals surface area contributed by atoms with Gasteiger partial charge in [-0.3, -0.25) is 0 Å². The molecule has 2 aromatic heterocycles. The first-order valence-electron chi connectivity index (χ1n) is 3.51. The summed E-state index contributed by atoms with van der Waals surface area (Å²) in [7, 11) is 0. The van der Waals surface area contributed by atoms with E-state index in [0.29, 0.717) is 11.6 Å². The average molecular weight is 214 g/mol. The fraction of sp³-hybridized carbons (Fsp3) is 0. The molecule has 0 fully saturated rings. The number of hydrogen-bond donors (Lipinski definition) is 0. The summed E-state index contributed by atoms with van der Waals surface area (Å²) >= 11 is 0. The van der Waals surface area contributed by atoms with Crippen LogP contribution < -0.4 is 0 Å². The van der Waals surface area contributed by atoms with Crippen molar-refractivity contribution in [2.24, 2.45) is 0 Å². The van der Waals surface area contributed by atoms with Crippen molar-refractivity contribution in [3.8, 4) is 11.6 Å². The molecule has 0 saturated heterocycles. The minimum absolute atomic E-state index is 0. The van der Waals surface area contributed by atoms with Gasteiger partial charge in [0.15, 0.2) is 11.6 Å². The van der Waals surface area contributed by atoms with Crippen LogP contribution in [0.5, 0.6) is 0 Å². The van der Waals surface area contributed by atoms with Crippen LogP contribution in [0.4, 0.5) is 0 Å². The Balaban J connectivity index is 0.000000845.